The van der Waals surface area contributed by atoms with Gasteiger partial charge in [0.1, 0.15) is 11.7 Å². The molecule has 4 heteroatoms. The SMILES string of the molecule is CN(C)c1ccc(C2=NCCCN2)cc1F. The van der Waals surface area contributed by atoms with Crippen LogP contribution in [0.3, 0.4) is 0 Å². The van der Waals surface area contributed by atoms with Crippen LogP contribution in [-0.4, -0.2) is 33.0 Å². The molecule has 2 rings (SSSR count). The minimum atomic E-state index is -0.211. The van der Waals surface area contributed by atoms with Gasteiger partial charge in [-0.3, -0.25) is 4.99 Å². The molecule has 1 aliphatic heterocycles. The smallest absolute Gasteiger partial charge is 0.147 e. The third-order valence-electron chi connectivity index (χ3n) is 2.60. The summed E-state index contributed by atoms with van der Waals surface area (Å²) in [5, 5.41) is 3.18. The lowest BCUT2D eigenvalue weighted by Gasteiger charge is -2.17. The van der Waals surface area contributed by atoms with E-state index in [2.05, 4.69) is 10.3 Å². The van der Waals surface area contributed by atoms with Crippen LogP contribution in [-0.2, 0) is 0 Å². The summed E-state index contributed by atoms with van der Waals surface area (Å²) in [7, 11) is 3.66. The van der Waals surface area contributed by atoms with Crippen LogP contribution in [0.25, 0.3) is 0 Å². The van der Waals surface area contributed by atoms with Crippen molar-refractivity contribution in [2.24, 2.45) is 4.99 Å². The highest BCUT2D eigenvalue weighted by atomic mass is 19.1. The highest BCUT2D eigenvalue weighted by Crippen LogP contribution is 2.18. The summed E-state index contributed by atoms with van der Waals surface area (Å²) in [5.74, 6) is 0.591. The molecule has 0 unspecified atom stereocenters. The van der Waals surface area contributed by atoms with Crippen LogP contribution in [0.15, 0.2) is 23.2 Å². The molecule has 1 aromatic carbocycles. The Hall–Kier alpha value is -1.58. The van der Waals surface area contributed by atoms with Gasteiger partial charge in [-0.25, -0.2) is 4.39 Å². The van der Waals surface area contributed by atoms with Crippen LogP contribution >= 0.6 is 0 Å². The van der Waals surface area contributed by atoms with Crippen molar-refractivity contribution in [3.05, 3.63) is 29.6 Å². The topological polar surface area (TPSA) is 27.6 Å². The van der Waals surface area contributed by atoms with E-state index in [0.29, 0.717) is 5.69 Å². The number of benzene rings is 1. The maximum absolute atomic E-state index is 13.7. The standard InChI is InChI=1S/C12H16FN3/c1-16(2)11-5-4-9(8-10(11)13)12-14-6-3-7-15-12/h4-5,8H,3,6-7H2,1-2H3,(H,14,15). The Morgan fingerprint density at radius 2 is 2.19 bits per heavy atom. The Bertz CT molecular complexity index is 413. The summed E-state index contributed by atoms with van der Waals surface area (Å²) in [6.45, 7) is 1.73. The van der Waals surface area contributed by atoms with Crippen LogP contribution in [0.4, 0.5) is 10.1 Å². The minimum absolute atomic E-state index is 0.211. The number of rotatable bonds is 2. The first-order chi connectivity index (χ1) is 7.68. The quantitative estimate of drug-likeness (QED) is 0.822. The summed E-state index contributed by atoms with van der Waals surface area (Å²) in [5.41, 5.74) is 1.42. The first-order valence-corrected chi connectivity index (χ1v) is 5.44. The number of aliphatic imine (C=N–C) groups is 1. The van der Waals surface area contributed by atoms with Crippen molar-refractivity contribution in [2.45, 2.75) is 6.42 Å². The summed E-state index contributed by atoms with van der Waals surface area (Å²) in [4.78, 5) is 6.10. The third-order valence-corrected chi connectivity index (χ3v) is 2.60. The molecule has 3 nitrogen and oxygen atoms in total. The monoisotopic (exact) mass is 221 g/mol. The molecule has 0 spiro atoms. The van der Waals surface area contributed by atoms with E-state index >= 15 is 0 Å². The van der Waals surface area contributed by atoms with Gasteiger partial charge in [0.15, 0.2) is 0 Å². The number of nitrogens with one attached hydrogen (secondary N) is 1. The van der Waals surface area contributed by atoms with Crippen LogP contribution in [0.5, 0.6) is 0 Å². The van der Waals surface area contributed by atoms with Gasteiger partial charge in [-0.2, -0.15) is 0 Å². The van der Waals surface area contributed by atoms with Crippen LogP contribution in [0.2, 0.25) is 0 Å². The van der Waals surface area contributed by atoms with Gasteiger partial charge in [-0.15, -0.1) is 0 Å². The van der Waals surface area contributed by atoms with Gasteiger partial charge in [0.25, 0.3) is 0 Å². The van der Waals surface area contributed by atoms with Gasteiger partial charge in [-0.05, 0) is 24.6 Å². The first kappa shape index (κ1) is 10.9. The van der Waals surface area contributed by atoms with Crippen LogP contribution in [0, 0.1) is 5.82 Å². The lowest BCUT2D eigenvalue weighted by atomic mass is 10.1. The molecule has 0 amide bonds. The number of anilines is 1. The molecule has 1 N–H and O–H groups in total. The Morgan fingerprint density at radius 3 is 2.75 bits per heavy atom. The predicted molar refractivity (Wildman–Crippen MR) is 64.8 cm³/mol. The number of hydrogen-bond donors (Lipinski definition) is 1. The average Bonchev–Trinajstić information content (AvgIpc) is 2.29. The maximum Gasteiger partial charge on any atom is 0.147 e. The third kappa shape index (κ3) is 2.15. The fraction of sp³-hybridized carbons (Fsp3) is 0.417. The van der Waals surface area contributed by atoms with Gasteiger partial charge >= 0.3 is 0 Å². The van der Waals surface area contributed by atoms with E-state index in [1.165, 1.54) is 6.07 Å². The van der Waals surface area contributed by atoms with Gasteiger partial charge < -0.3 is 10.2 Å². The fourth-order valence-corrected chi connectivity index (χ4v) is 1.74. The Kier molecular flexibility index (Phi) is 3.08. The van der Waals surface area contributed by atoms with E-state index in [1.54, 1.807) is 11.0 Å². The number of amidine groups is 1. The van der Waals surface area contributed by atoms with Crippen molar-refractivity contribution in [3.63, 3.8) is 0 Å². The van der Waals surface area contributed by atoms with Crippen LogP contribution in [0.1, 0.15) is 12.0 Å². The van der Waals surface area contributed by atoms with E-state index < -0.39 is 0 Å². The molecule has 86 valence electrons. The minimum Gasteiger partial charge on any atom is -0.375 e. The molecule has 0 atom stereocenters. The fourth-order valence-electron chi connectivity index (χ4n) is 1.74. The van der Waals surface area contributed by atoms with Gasteiger partial charge in [0.05, 0.1) is 5.69 Å². The summed E-state index contributed by atoms with van der Waals surface area (Å²) < 4.78 is 13.7. The molecule has 0 aliphatic carbocycles. The Labute approximate surface area is 95.0 Å². The molecule has 1 heterocycles. The zero-order valence-electron chi connectivity index (χ0n) is 9.63. The maximum atomic E-state index is 13.7. The second-order valence-corrected chi connectivity index (χ2v) is 4.07. The highest BCUT2D eigenvalue weighted by molar-refractivity contribution is 5.99. The normalized spacial score (nSPS) is 15.3. The van der Waals surface area contributed by atoms with E-state index in [9.17, 15) is 4.39 Å². The summed E-state index contributed by atoms with van der Waals surface area (Å²) in [6, 6.07) is 5.21. The molecular formula is C12H16FN3. The second kappa shape index (κ2) is 4.51. The molecule has 0 bridgehead atoms. The van der Waals surface area contributed by atoms with Crippen LogP contribution < -0.4 is 10.2 Å². The number of hydrogen-bond acceptors (Lipinski definition) is 3. The summed E-state index contributed by atoms with van der Waals surface area (Å²) in [6.07, 6.45) is 1.04. The second-order valence-electron chi connectivity index (χ2n) is 4.07. The lowest BCUT2D eigenvalue weighted by Crippen LogP contribution is -2.30. The Morgan fingerprint density at radius 1 is 1.38 bits per heavy atom. The van der Waals surface area contributed by atoms with E-state index in [-0.39, 0.29) is 5.82 Å². The highest BCUT2D eigenvalue weighted by Gasteiger charge is 2.10. The van der Waals surface area contributed by atoms with E-state index in [0.717, 1.165) is 30.9 Å². The summed E-state index contributed by atoms with van der Waals surface area (Å²) >= 11 is 0. The van der Waals surface area contributed by atoms with Gasteiger partial charge in [0, 0.05) is 32.7 Å². The molecule has 0 saturated carbocycles. The van der Waals surface area contributed by atoms with Crippen molar-refractivity contribution < 1.29 is 4.39 Å². The van der Waals surface area contributed by atoms with Crippen molar-refractivity contribution in [1.29, 1.82) is 0 Å². The number of halogens is 1. The molecule has 1 aromatic rings. The molecule has 0 fully saturated rings. The zero-order chi connectivity index (χ0) is 11.5. The Balaban J connectivity index is 2.30. The number of nitrogens with zero attached hydrogens (tertiary/aromatic N) is 2. The molecular weight excluding hydrogens is 205 g/mol. The van der Waals surface area contributed by atoms with Crippen molar-refractivity contribution in [3.8, 4) is 0 Å². The van der Waals surface area contributed by atoms with Crippen molar-refractivity contribution >= 4 is 11.5 Å². The average molecular weight is 221 g/mol. The molecule has 0 aromatic heterocycles. The predicted octanol–water partition coefficient (Wildman–Crippen LogP) is 1.63. The largest absolute Gasteiger partial charge is 0.375 e. The lowest BCUT2D eigenvalue weighted by molar-refractivity contribution is 0.625. The van der Waals surface area contributed by atoms with Gasteiger partial charge in [-0.1, -0.05) is 0 Å². The molecule has 0 saturated heterocycles. The van der Waals surface area contributed by atoms with Crippen molar-refractivity contribution in [1.82, 2.24) is 5.32 Å². The first-order valence-electron chi connectivity index (χ1n) is 5.44. The van der Waals surface area contributed by atoms with E-state index in [1.807, 2.05) is 20.2 Å². The van der Waals surface area contributed by atoms with E-state index in [4.69, 9.17) is 0 Å². The molecule has 1 aliphatic rings. The van der Waals surface area contributed by atoms with Crippen molar-refractivity contribution in [2.75, 3.05) is 32.1 Å². The molecule has 16 heavy (non-hydrogen) atoms. The zero-order valence-corrected chi connectivity index (χ0v) is 9.63. The van der Waals surface area contributed by atoms with Gasteiger partial charge in [0.2, 0.25) is 0 Å². The molecule has 0 radical (unpaired) electrons.